The number of aromatic nitrogens is 4. The average Bonchev–Trinajstić information content (AvgIpc) is 2.98. The van der Waals surface area contributed by atoms with E-state index in [2.05, 4.69) is 15.0 Å². The molecule has 0 aromatic carbocycles. The van der Waals surface area contributed by atoms with Gasteiger partial charge < -0.3 is 31.4 Å². The maximum atomic E-state index is 12.3. The van der Waals surface area contributed by atoms with Crippen LogP contribution in [-0.2, 0) is 4.74 Å². The number of hydrogen-bond acceptors (Lipinski definition) is 8. The van der Waals surface area contributed by atoms with E-state index in [1.165, 1.54) is 6.33 Å². The van der Waals surface area contributed by atoms with Gasteiger partial charge in [-0.1, -0.05) is 0 Å². The number of aliphatic hydroxyl groups is 2. The van der Waals surface area contributed by atoms with E-state index in [4.69, 9.17) is 21.3 Å². The fraction of sp³-hybridized carbons (Fsp3) is 0.500. The van der Waals surface area contributed by atoms with Crippen LogP contribution >= 0.6 is 0 Å². The number of fused-ring (bicyclic) bond motifs is 1. The van der Waals surface area contributed by atoms with Gasteiger partial charge in [0.25, 0.3) is 5.56 Å². The molecule has 4 atom stereocenters. The van der Waals surface area contributed by atoms with Crippen LogP contribution in [0.3, 0.4) is 0 Å². The van der Waals surface area contributed by atoms with E-state index in [0.29, 0.717) is 0 Å². The normalized spacial score (nSPS) is 30.1. The lowest BCUT2D eigenvalue weighted by Gasteiger charge is -2.19. The third kappa shape index (κ3) is 1.70. The standard InChI is InChI=1S/C10H14N6O4/c11-4-6(18)3(1-17)20-9(4)16-8(19)5-7(14-2-13-5)15-10(16)12/h2-4,6,9,17-18H,1,11H2,(H2,12,15)(H,13,14)/t3-,4+,6-,9?/m1/s1. The topological polar surface area (TPSA) is 165 Å². The van der Waals surface area contributed by atoms with Crippen molar-refractivity contribution in [1.29, 1.82) is 0 Å². The van der Waals surface area contributed by atoms with Crippen LogP contribution in [0.25, 0.3) is 11.2 Å². The Balaban J connectivity index is 2.13. The Labute approximate surface area is 112 Å². The lowest BCUT2D eigenvalue weighted by molar-refractivity contribution is -0.0453. The van der Waals surface area contributed by atoms with Gasteiger partial charge in [-0.2, -0.15) is 4.98 Å². The second kappa shape index (κ2) is 4.52. The van der Waals surface area contributed by atoms with Crippen molar-refractivity contribution in [3.8, 4) is 0 Å². The van der Waals surface area contributed by atoms with Gasteiger partial charge in [0.2, 0.25) is 5.95 Å². The van der Waals surface area contributed by atoms with E-state index >= 15 is 0 Å². The van der Waals surface area contributed by atoms with Crippen molar-refractivity contribution in [3.05, 3.63) is 16.7 Å². The van der Waals surface area contributed by atoms with E-state index in [0.717, 1.165) is 4.57 Å². The molecule has 1 unspecified atom stereocenters. The molecule has 0 spiro atoms. The molecule has 0 bridgehead atoms. The molecular formula is C10H14N6O4. The summed E-state index contributed by atoms with van der Waals surface area (Å²) >= 11 is 0. The minimum Gasteiger partial charge on any atom is -0.394 e. The first-order valence-corrected chi connectivity index (χ1v) is 5.95. The molecule has 0 amide bonds. The highest BCUT2D eigenvalue weighted by Gasteiger charge is 2.43. The van der Waals surface area contributed by atoms with Gasteiger partial charge in [0.05, 0.1) is 19.0 Å². The molecule has 0 aliphatic carbocycles. The molecule has 10 heteroatoms. The summed E-state index contributed by atoms with van der Waals surface area (Å²) < 4.78 is 6.44. The molecule has 2 aromatic rings. The molecule has 3 rings (SSSR count). The third-order valence-electron chi connectivity index (χ3n) is 3.37. The van der Waals surface area contributed by atoms with Crippen LogP contribution in [0.4, 0.5) is 5.95 Å². The van der Waals surface area contributed by atoms with E-state index in [1.54, 1.807) is 0 Å². The predicted molar refractivity (Wildman–Crippen MR) is 67.5 cm³/mol. The second-order valence-electron chi connectivity index (χ2n) is 4.56. The van der Waals surface area contributed by atoms with Gasteiger partial charge in [0.15, 0.2) is 17.4 Å². The van der Waals surface area contributed by atoms with E-state index in [9.17, 15) is 9.90 Å². The van der Waals surface area contributed by atoms with Crippen LogP contribution in [0.1, 0.15) is 6.23 Å². The van der Waals surface area contributed by atoms with Crippen LogP contribution in [-0.4, -0.2) is 54.6 Å². The molecule has 1 aliphatic heterocycles. The van der Waals surface area contributed by atoms with E-state index in [-0.39, 0.29) is 17.1 Å². The van der Waals surface area contributed by atoms with E-state index < -0.39 is 36.6 Å². The highest BCUT2D eigenvalue weighted by molar-refractivity contribution is 5.69. The molecule has 0 saturated carbocycles. The number of imidazole rings is 1. The minimum absolute atomic E-state index is 0.124. The zero-order valence-electron chi connectivity index (χ0n) is 10.3. The zero-order chi connectivity index (χ0) is 14.4. The maximum absolute atomic E-state index is 12.3. The Morgan fingerprint density at radius 2 is 2.30 bits per heavy atom. The fourth-order valence-electron chi connectivity index (χ4n) is 2.31. The molecule has 1 aliphatic rings. The quantitative estimate of drug-likeness (QED) is 0.396. The smallest absolute Gasteiger partial charge is 0.283 e. The van der Waals surface area contributed by atoms with Crippen molar-refractivity contribution in [3.63, 3.8) is 0 Å². The van der Waals surface area contributed by atoms with Crippen molar-refractivity contribution in [2.75, 3.05) is 12.3 Å². The number of H-pyrrole nitrogens is 1. The number of aromatic amines is 1. The summed E-state index contributed by atoms with van der Waals surface area (Å²) in [5.41, 5.74) is 11.4. The number of nitrogens with one attached hydrogen (secondary N) is 1. The van der Waals surface area contributed by atoms with Crippen molar-refractivity contribution in [2.24, 2.45) is 5.73 Å². The largest absolute Gasteiger partial charge is 0.394 e. The second-order valence-corrected chi connectivity index (χ2v) is 4.56. The van der Waals surface area contributed by atoms with Gasteiger partial charge >= 0.3 is 0 Å². The van der Waals surface area contributed by atoms with Gasteiger partial charge in [0, 0.05) is 0 Å². The summed E-state index contributed by atoms with van der Waals surface area (Å²) in [5.74, 6) is -0.124. The summed E-state index contributed by atoms with van der Waals surface area (Å²) in [6.45, 7) is -0.417. The summed E-state index contributed by atoms with van der Waals surface area (Å²) in [6, 6.07) is -0.908. The first-order valence-electron chi connectivity index (χ1n) is 5.95. The molecule has 7 N–H and O–H groups in total. The summed E-state index contributed by atoms with van der Waals surface area (Å²) in [6.07, 6.45) is -1.66. The average molecular weight is 282 g/mol. The number of nitrogens with two attached hydrogens (primary N) is 2. The number of anilines is 1. The lowest BCUT2D eigenvalue weighted by Crippen LogP contribution is -2.42. The monoisotopic (exact) mass is 282 g/mol. The van der Waals surface area contributed by atoms with Gasteiger partial charge in [0.1, 0.15) is 12.2 Å². The number of hydrogen-bond donors (Lipinski definition) is 5. The summed E-state index contributed by atoms with van der Waals surface area (Å²) in [7, 11) is 0. The number of aliphatic hydroxyl groups excluding tert-OH is 2. The molecule has 0 radical (unpaired) electrons. The van der Waals surface area contributed by atoms with Crippen LogP contribution in [0.15, 0.2) is 11.1 Å². The number of nitrogens with zero attached hydrogens (tertiary/aromatic N) is 3. The molecule has 108 valence electrons. The minimum atomic E-state index is -1.10. The Kier molecular flexibility index (Phi) is 2.94. The number of ether oxygens (including phenoxy) is 1. The molecule has 10 nitrogen and oxygen atoms in total. The number of nitrogen functional groups attached to an aromatic ring is 1. The van der Waals surface area contributed by atoms with Crippen molar-refractivity contribution in [2.45, 2.75) is 24.5 Å². The predicted octanol–water partition coefficient (Wildman–Crippen LogP) is -2.72. The lowest BCUT2D eigenvalue weighted by atomic mass is 10.1. The molecule has 3 heterocycles. The summed E-state index contributed by atoms with van der Waals surface area (Å²) in [5, 5.41) is 18.9. The highest BCUT2D eigenvalue weighted by atomic mass is 16.5. The fourth-order valence-corrected chi connectivity index (χ4v) is 2.31. The van der Waals surface area contributed by atoms with Crippen LogP contribution in [0.5, 0.6) is 0 Å². The van der Waals surface area contributed by atoms with Crippen molar-refractivity contribution >= 4 is 17.1 Å². The SMILES string of the molecule is Nc1nc2nc[nH]c2c(=O)n1C1O[C@H](CO)[C@@H](O)[C@@H]1N. The Morgan fingerprint density at radius 1 is 1.55 bits per heavy atom. The molecular weight excluding hydrogens is 268 g/mol. The van der Waals surface area contributed by atoms with E-state index in [1.807, 2.05) is 0 Å². The van der Waals surface area contributed by atoms with Crippen molar-refractivity contribution < 1.29 is 14.9 Å². The Morgan fingerprint density at radius 3 is 2.95 bits per heavy atom. The maximum Gasteiger partial charge on any atom is 0.283 e. The van der Waals surface area contributed by atoms with Gasteiger partial charge in [-0.15, -0.1) is 0 Å². The zero-order valence-corrected chi connectivity index (χ0v) is 10.3. The first kappa shape index (κ1) is 13.0. The van der Waals surface area contributed by atoms with Crippen LogP contribution < -0.4 is 17.0 Å². The van der Waals surface area contributed by atoms with Crippen LogP contribution in [0.2, 0.25) is 0 Å². The Hall–Kier alpha value is -2.01. The molecule has 1 fully saturated rings. The van der Waals surface area contributed by atoms with Gasteiger partial charge in [-0.3, -0.25) is 4.79 Å². The van der Waals surface area contributed by atoms with Gasteiger partial charge in [-0.25, -0.2) is 9.55 Å². The molecule has 1 saturated heterocycles. The van der Waals surface area contributed by atoms with Gasteiger partial charge in [-0.05, 0) is 0 Å². The third-order valence-corrected chi connectivity index (χ3v) is 3.37. The van der Waals surface area contributed by atoms with Crippen LogP contribution in [0, 0.1) is 0 Å². The van der Waals surface area contributed by atoms with Crippen molar-refractivity contribution in [1.82, 2.24) is 19.5 Å². The molecule has 20 heavy (non-hydrogen) atoms. The summed E-state index contributed by atoms with van der Waals surface area (Å²) in [4.78, 5) is 22.8. The Bertz CT molecular complexity index is 697. The molecule has 2 aromatic heterocycles. The highest BCUT2D eigenvalue weighted by Crippen LogP contribution is 2.28. The number of rotatable bonds is 2. The first-order chi connectivity index (χ1) is 9.54.